The second-order valence-corrected chi connectivity index (χ2v) is 4.26. The quantitative estimate of drug-likeness (QED) is 0.819. The number of aryl methyl sites for hydroxylation is 1. The molecule has 2 atom stereocenters. The first kappa shape index (κ1) is 13.2. The van der Waals surface area contributed by atoms with Crippen LogP contribution >= 0.6 is 0 Å². The topological polar surface area (TPSA) is 74.6 Å². The molecule has 92 valence electrons. The molecule has 0 heterocycles. The molecule has 0 aliphatic heterocycles. The smallest absolute Gasteiger partial charge is 0.307 e. The van der Waals surface area contributed by atoms with Crippen molar-refractivity contribution < 1.29 is 19.8 Å². The monoisotopic (exact) mass is 236 g/mol. The van der Waals surface area contributed by atoms with Crippen LogP contribution in [0.2, 0.25) is 0 Å². The van der Waals surface area contributed by atoms with Crippen LogP contribution < -0.4 is 0 Å². The molecule has 0 bridgehead atoms. The van der Waals surface area contributed by atoms with Crippen LogP contribution in [0.4, 0.5) is 0 Å². The van der Waals surface area contributed by atoms with Gasteiger partial charge in [0.2, 0.25) is 0 Å². The predicted octanol–water partition coefficient (Wildman–Crippen LogP) is 1.96. The van der Waals surface area contributed by atoms with Gasteiger partial charge in [0.25, 0.3) is 0 Å². The van der Waals surface area contributed by atoms with Gasteiger partial charge in [0.1, 0.15) is 0 Å². The van der Waals surface area contributed by atoms with Crippen molar-refractivity contribution in [1.29, 1.82) is 0 Å². The normalized spacial score (nSPS) is 14.0. The Morgan fingerprint density at radius 2 is 1.88 bits per heavy atom. The van der Waals surface area contributed by atoms with Gasteiger partial charge < -0.3 is 10.2 Å². The van der Waals surface area contributed by atoms with E-state index in [1.54, 1.807) is 0 Å². The Bertz CT molecular complexity index is 425. The van der Waals surface area contributed by atoms with E-state index in [-0.39, 0.29) is 6.42 Å². The highest BCUT2D eigenvalue weighted by Crippen LogP contribution is 2.19. The third-order valence-corrected chi connectivity index (χ3v) is 2.85. The fourth-order valence-corrected chi connectivity index (χ4v) is 1.74. The molecule has 0 amide bonds. The maximum Gasteiger partial charge on any atom is 0.307 e. The van der Waals surface area contributed by atoms with Crippen molar-refractivity contribution in [3.63, 3.8) is 0 Å². The van der Waals surface area contributed by atoms with Gasteiger partial charge in [0.05, 0.1) is 11.8 Å². The van der Waals surface area contributed by atoms with Gasteiger partial charge in [0.15, 0.2) is 0 Å². The first-order valence-electron chi connectivity index (χ1n) is 5.43. The number of hydrogen-bond donors (Lipinski definition) is 2. The summed E-state index contributed by atoms with van der Waals surface area (Å²) in [5, 5.41) is 17.9. The Balaban J connectivity index is 2.88. The van der Waals surface area contributed by atoms with E-state index in [1.165, 1.54) is 6.92 Å². The van der Waals surface area contributed by atoms with Gasteiger partial charge >= 0.3 is 11.9 Å². The molecule has 2 N–H and O–H groups in total. The molecule has 0 spiro atoms. The van der Waals surface area contributed by atoms with Crippen molar-refractivity contribution in [1.82, 2.24) is 0 Å². The molecular formula is C13H16O4. The van der Waals surface area contributed by atoms with E-state index in [1.807, 2.05) is 31.2 Å². The summed E-state index contributed by atoms with van der Waals surface area (Å²) in [4.78, 5) is 21.9. The highest BCUT2D eigenvalue weighted by atomic mass is 16.4. The van der Waals surface area contributed by atoms with Crippen molar-refractivity contribution >= 4 is 11.9 Å². The minimum atomic E-state index is -1.08. The molecular weight excluding hydrogens is 220 g/mol. The highest BCUT2D eigenvalue weighted by molar-refractivity contribution is 5.79. The third kappa shape index (κ3) is 3.59. The lowest BCUT2D eigenvalue weighted by Gasteiger charge is -2.16. The molecule has 0 aliphatic carbocycles. The van der Waals surface area contributed by atoms with Crippen LogP contribution in [0, 0.1) is 18.8 Å². The number of benzene rings is 1. The van der Waals surface area contributed by atoms with E-state index in [9.17, 15) is 9.59 Å². The fraction of sp³-hybridized carbons (Fsp3) is 0.385. The molecule has 0 aliphatic rings. The van der Waals surface area contributed by atoms with Crippen LogP contribution in [0.25, 0.3) is 0 Å². The maximum atomic E-state index is 11.1. The summed E-state index contributed by atoms with van der Waals surface area (Å²) in [6.45, 7) is 3.34. The predicted molar refractivity (Wildman–Crippen MR) is 62.8 cm³/mol. The van der Waals surface area contributed by atoms with Crippen LogP contribution in [-0.4, -0.2) is 22.2 Å². The molecule has 0 fully saturated rings. The second-order valence-electron chi connectivity index (χ2n) is 4.26. The lowest BCUT2D eigenvalue weighted by Crippen LogP contribution is -2.29. The number of carbonyl (C=O) groups is 2. The zero-order valence-electron chi connectivity index (χ0n) is 9.88. The van der Waals surface area contributed by atoms with Crippen LogP contribution in [0.1, 0.15) is 18.1 Å². The molecule has 0 saturated heterocycles. The van der Waals surface area contributed by atoms with Gasteiger partial charge in [-0.1, -0.05) is 36.8 Å². The average Bonchev–Trinajstić information content (AvgIpc) is 2.24. The molecule has 4 nitrogen and oxygen atoms in total. The SMILES string of the molecule is Cc1cccc(CC(C(=O)O)C(C)C(=O)O)c1. The highest BCUT2D eigenvalue weighted by Gasteiger charge is 2.29. The van der Waals surface area contributed by atoms with Gasteiger partial charge in [0, 0.05) is 0 Å². The Morgan fingerprint density at radius 3 is 2.35 bits per heavy atom. The number of carboxylic acids is 2. The number of hydrogen-bond acceptors (Lipinski definition) is 2. The van der Waals surface area contributed by atoms with Gasteiger partial charge in [-0.15, -0.1) is 0 Å². The minimum Gasteiger partial charge on any atom is -0.481 e. The summed E-state index contributed by atoms with van der Waals surface area (Å²) >= 11 is 0. The number of aliphatic carboxylic acids is 2. The van der Waals surface area contributed by atoms with Gasteiger partial charge in [-0.3, -0.25) is 9.59 Å². The van der Waals surface area contributed by atoms with Crippen LogP contribution in [0.5, 0.6) is 0 Å². The molecule has 4 heteroatoms. The third-order valence-electron chi connectivity index (χ3n) is 2.85. The Kier molecular flexibility index (Phi) is 4.26. The second kappa shape index (κ2) is 5.48. The number of rotatable bonds is 5. The first-order valence-corrected chi connectivity index (χ1v) is 5.43. The summed E-state index contributed by atoms with van der Waals surface area (Å²) in [5.74, 6) is -3.94. The van der Waals surface area contributed by atoms with Crippen LogP contribution in [-0.2, 0) is 16.0 Å². The molecule has 0 radical (unpaired) electrons. The molecule has 0 aromatic heterocycles. The summed E-state index contributed by atoms with van der Waals surface area (Å²) in [6.07, 6.45) is 0.241. The van der Waals surface area contributed by atoms with Gasteiger partial charge in [-0.25, -0.2) is 0 Å². The fourth-order valence-electron chi connectivity index (χ4n) is 1.74. The minimum absolute atomic E-state index is 0.241. The summed E-state index contributed by atoms with van der Waals surface area (Å²) in [6, 6.07) is 7.46. The summed E-state index contributed by atoms with van der Waals surface area (Å²) < 4.78 is 0. The van der Waals surface area contributed by atoms with E-state index in [0.29, 0.717) is 0 Å². The van der Waals surface area contributed by atoms with Gasteiger partial charge in [-0.2, -0.15) is 0 Å². The Morgan fingerprint density at radius 1 is 1.24 bits per heavy atom. The largest absolute Gasteiger partial charge is 0.481 e. The molecule has 0 saturated carbocycles. The molecule has 1 aromatic rings. The van der Waals surface area contributed by atoms with Crippen molar-refractivity contribution in [2.45, 2.75) is 20.3 Å². The van der Waals surface area contributed by atoms with E-state index < -0.39 is 23.8 Å². The lowest BCUT2D eigenvalue weighted by molar-refractivity contribution is -0.152. The lowest BCUT2D eigenvalue weighted by atomic mass is 9.88. The summed E-state index contributed by atoms with van der Waals surface area (Å²) in [7, 11) is 0. The van der Waals surface area contributed by atoms with Gasteiger partial charge in [-0.05, 0) is 18.9 Å². The van der Waals surface area contributed by atoms with E-state index in [2.05, 4.69) is 0 Å². The molecule has 1 rings (SSSR count). The van der Waals surface area contributed by atoms with Crippen molar-refractivity contribution in [2.75, 3.05) is 0 Å². The van der Waals surface area contributed by atoms with Crippen molar-refractivity contribution in [3.05, 3.63) is 35.4 Å². The summed E-state index contributed by atoms with van der Waals surface area (Å²) in [5.41, 5.74) is 1.89. The van der Waals surface area contributed by atoms with Crippen LogP contribution in [0.3, 0.4) is 0 Å². The number of carboxylic acid groups (broad SMARTS) is 2. The van der Waals surface area contributed by atoms with Crippen LogP contribution in [0.15, 0.2) is 24.3 Å². The molecule has 1 aromatic carbocycles. The van der Waals surface area contributed by atoms with Crippen molar-refractivity contribution in [2.24, 2.45) is 11.8 Å². The first-order chi connectivity index (χ1) is 7.91. The van der Waals surface area contributed by atoms with E-state index >= 15 is 0 Å². The van der Waals surface area contributed by atoms with Crippen molar-refractivity contribution in [3.8, 4) is 0 Å². The standard InChI is InChI=1S/C13H16O4/c1-8-4-3-5-10(6-8)7-11(13(16)17)9(2)12(14)15/h3-6,9,11H,7H2,1-2H3,(H,14,15)(H,16,17). The Labute approximate surface area is 99.9 Å². The molecule has 17 heavy (non-hydrogen) atoms. The molecule has 2 unspecified atom stereocenters. The zero-order chi connectivity index (χ0) is 13.0. The Hall–Kier alpha value is -1.84. The van der Waals surface area contributed by atoms with E-state index in [0.717, 1.165) is 11.1 Å². The average molecular weight is 236 g/mol. The maximum absolute atomic E-state index is 11.1. The zero-order valence-corrected chi connectivity index (χ0v) is 9.88. The van der Waals surface area contributed by atoms with E-state index in [4.69, 9.17) is 10.2 Å².